The molecular weight excluding hydrogens is 184 g/mol. The molecule has 0 aliphatic heterocycles. The molecular formula is C10H18O4. The van der Waals surface area contributed by atoms with Crippen LogP contribution in [-0.4, -0.2) is 31.1 Å². The summed E-state index contributed by atoms with van der Waals surface area (Å²) in [5, 5.41) is 0. The Kier molecular flexibility index (Phi) is 5.38. The highest BCUT2D eigenvalue weighted by molar-refractivity contribution is 5.89. The Balaban J connectivity index is 3.91. The van der Waals surface area contributed by atoms with Crippen molar-refractivity contribution in [2.75, 3.05) is 13.7 Å². The van der Waals surface area contributed by atoms with Crippen LogP contribution in [0.5, 0.6) is 0 Å². The minimum atomic E-state index is -0.813. The van der Waals surface area contributed by atoms with E-state index in [4.69, 9.17) is 9.47 Å². The summed E-state index contributed by atoms with van der Waals surface area (Å²) in [5.74, 6) is -0.430. The minimum absolute atomic E-state index is 0.0898. The average Bonchev–Trinajstić information content (AvgIpc) is 2.14. The van der Waals surface area contributed by atoms with Gasteiger partial charge in [-0.3, -0.25) is 9.59 Å². The van der Waals surface area contributed by atoms with Gasteiger partial charge in [-0.25, -0.2) is 0 Å². The van der Waals surface area contributed by atoms with Crippen molar-refractivity contribution in [3.63, 3.8) is 0 Å². The molecule has 0 amide bonds. The molecule has 0 bridgehead atoms. The summed E-state index contributed by atoms with van der Waals surface area (Å²) in [5.41, 5.74) is -0.813. The highest BCUT2D eigenvalue weighted by Gasteiger charge is 2.26. The number of esters is 1. The van der Waals surface area contributed by atoms with E-state index in [0.717, 1.165) is 0 Å². The van der Waals surface area contributed by atoms with Gasteiger partial charge in [0.2, 0.25) is 0 Å². The van der Waals surface area contributed by atoms with Crippen molar-refractivity contribution in [1.82, 2.24) is 0 Å². The molecule has 4 nitrogen and oxygen atoms in total. The number of ketones is 1. The van der Waals surface area contributed by atoms with Gasteiger partial charge < -0.3 is 9.47 Å². The molecule has 0 atom stereocenters. The van der Waals surface area contributed by atoms with Gasteiger partial charge in [0.1, 0.15) is 5.60 Å². The zero-order valence-corrected chi connectivity index (χ0v) is 9.25. The molecule has 0 unspecified atom stereocenters. The van der Waals surface area contributed by atoms with Gasteiger partial charge in [-0.1, -0.05) is 0 Å². The van der Waals surface area contributed by atoms with E-state index in [1.165, 1.54) is 7.11 Å². The van der Waals surface area contributed by atoms with E-state index in [1.807, 2.05) is 0 Å². The molecule has 0 heterocycles. The smallest absolute Gasteiger partial charge is 0.306 e. The zero-order valence-electron chi connectivity index (χ0n) is 9.25. The first kappa shape index (κ1) is 13.1. The van der Waals surface area contributed by atoms with E-state index in [0.29, 0.717) is 6.61 Å². The number of carbonyl (C=O) groups is 2. The number of rotatable bonds is 6. The average molecular weight is 202 g/mol. The maximum atomic E-state index is 11.5. The molecule has 14 heavy (non-hydrogen) atoms. The van der Waals surface area contributed by atoms with Gasteiger partial charge in [-0.2, -0.15) is 0 Å². The van der Waals surface area contributed by atoms with Crippen molar-refractivity contribution >= 4 is 11.8 Å². The highest BCUT2D eigenvalue weighted by Crippen LogP contribution is 2.12. The lowest BCUT2D eigenvalue weighted by Gasteiger charge is -2.20. The largest absolute Gasteiger partial charge is 0.466 e. The third-order valence-corrected chi connectivity index (χ3v) is 2.04. The summed E-state index contributed by atoms with van der Waals surface area (Å²) < 4.78 is 9.70. The van der Waals surface area contributed by atoms with E-state index in [-0.39, 0.29) is 24.6 Å². The number of hydrogen-bond acceptors (Lipinski definition) is 4. The fourth-order valence-electron chi connectivity index (χ4n) is 0.864. The van der Waals surface area contributed by atoms with Crippen LogP contribution in [0.1, 0.15) is 33.6 Å². The second-order valence-corrected chi connectivity index (χ2v) is 3.44. The van der Waals surface area contributed by atoms with Crippen molar-refractivity contribution in [3.8, 4) is 0 Å². The van der Waals surface area contributed by atoms with Crippen molar-refractivity contribution in [1.29, 1.82) is 0 Å². The lowest BCUT2D eigenvalue weighted by atomic mass is 9.99. The third kappa shape index (κ3) is 4.37. The van der Waals surface area contributed by atoms with Gasteiger partial charge in [0.05, 0.1) is 13.0 Å². The lowest BCUT2D eigenvalue weighted by molar-refractivity contribution is -0.146. The first-order valence-corrected chi connectivity index (χ1v) is 4.68. The van der Waals surface area contributed by atoms with Crippen LogP contribution >= 0.6 is 0 Å². The Morgan fingerprint density at radius 3 is 2.21 bits per heavy atom. The van der Waals surface area contributed by atoms with Crippen molar-refractivity contribution in [3.05, 3.63) is 0 Å². The molecule has 82 valence electrons. The maximum absolute atomic E-state index is 11.5. The molecule has 0 rings (SSSR count). The normalized spacial score (nSPS) is 11.1. The lowest BCUT2D eigenvalue weighted by Crippen LogP contribution is -2.34. The van der Waals surface area contributed by atoms with Crippen LogP contribution in [-0.2, 0) is 19.1 Å². The Labute approximate surface area is 84.6 Å². The predicted octanol–water partition coefficient (Wildman–Crippen LogP) is 1.32. The van der Waals surface area contributed by atoms with Crippen LogP contribution in [0.4, 0.5) is 0 Å². The summed E-state index contributed by atoms with van der Waals surface area (Å²) in [7, 11) is 1.47. The number of Topliss-reactive ketones (excluding diaryl/α,β-unsaturated/α-hetero) is 1. The molecule has 0 spiro atoms. The molecule has 0 radical (unpaired) electrons. The standard InChI is InChI=1S/C10H18O4/c1-5-14-9(12)7-6-8(11)10(2,3)13-4/h5-7H2,1-4H3. The predicted molar refractivity (Wildman–Crippen MR) is 52.0 cm³/mol. The summed E-state index contributed by atoms with van der Waals surface area (Å²) in [6, 6.07) is 0. The zero-order chi connectivity index (χ0) is 11.2. The molecule has 4 heteroatoms. The molecule has 0 saturated heterocycles. The Morgan fingerprint density at radius 1 is 1.21 bits per heavy atom. The summed E-state index contributed by atoms with van der Waals surface area (Å²) in [6.07, 6.45) is 0.291. The number of ether oxygens (including phenoxy) is 2. The van der Waals surface area contributed by atoms with E-state index in [9.17, 15) is 9.59 Å². The molecule has 0 fully saturated rings. The fraction of sp³-hybridized carbons (Fsp3) is 0.800. The topological polar surface area (TPSA) is 52.6 Å². The summed E-state index contributed by atoms with van der Waals surface area (Å²) >= 11 is 0. The van der Waals surface area contributed by atoms with Crippen LogP contribution in [0, 0.1) is 0 Å². The molecule has 0 aliphatic rings. The second-order valence-electron chi connectivity index (χ2n) is 3.44. The van der Waals surface area contributed by atoms with Crippen molar-refractivity contribution in [2.24, 2.45) is 0 Å². The van der Waals surface area contributed by atoms with Gasteiger partial charge in [0.25, 0.3) is 0 Å². The monoisotopic (exact) mass is 202 g/mol. The van der Waals surface area contributed by atoms with Crippen LogP contribution in [0.15, 0.2) is 0 Å². The van der Waals surface area contributed by atoms with Gasteiger partial charge in [0, 0.05) is 13.5 Å². The summed E-state index contributed by atoms with van der Waals surface area (Å²) in [6.45, 7) is 5.44. The van der Waals surface area contributed by atoms with E-state index in [2.05, 4.69) is 0 Å². The van der Waals surface area contributed by atoms with E-state index >= 15 is 0 Å². The van der Waals surface area contributed by atoms with Gasteiger partial charge >= 0.3 is 5.97 Å². The molecule has 0 aromatic heterocycles. The molecule has 0 aromatic rings. The van der Waals surface area contributed by atoms with Crippen LogP contribution in [0.2, 0.25) is 0 Å². The van der Waals surface area contributed by atoms with Crippen LogP contribution < -0.4 is 0 Å². The van der Waals surface area contributed by atoms with Crippen LogP contribution in [0.3, 0.4) is 0 Å². The van der Waals surface area contributed by atoms with Crippen LogP contribution in [0.25, 0.3) is 0 Å². The first-order chi connectivity index (χ1) is 6.44. The summed E-state index contributed by atoms with van der Waals surface area (Å²) in [4.78, 5) is 22.4. The SMILES string of the molecule is CCOC(=O)CCC(=O)C(C)(C)OC. The quantitative estimate of drug-likeness (QED) is 0.610. The van der Waals surface area contributed by atoms with Gasteiger partial charge in [-0.05, 0) is 20.8 Å². The van der Waals surface area contributed by atoms with Gasteiger partial charge in [-0.15, -0.1) is 0 Å². The number of carbonyl (C=O) groups excluding carboxylic acids is 2. The third-order valence-electron chi connectivity index (χ3n) is 2.04. The Morgan fingerprint density at radius 2 is 1.79 bits per heavy atom. The highest BCUT2D eigenvalue weighted by atomic mass is 16.5. The van der Waals surface area contributed by atoms with Gasteiger partial charge in [0.15, 0.2) is 5.78 Å². The maximum Gasteiger partial charge on any atom is 0.306 e. The minimum Gasteiger partial charge on any atom is -0.466 e. The number of hydrogen-bond donors (Lipinski definition) is 0. The van der Waals surface area contributed by atoms with Crippen molar-refractivity contribution < 1.29 is 19.1 Å². The Bertz CT molecular complexity index is 208. The molecule has 0 aromatic carbocycles. The van der Waals surface area contributed by atoms with E-state index < -0.39 is 5.60 Å². The first-order valence-electron chi connectivity index (χ1n) is 4.68. The van der Waals surface area contributed by atoms with E-state index in [1.54, 1.807) is 20.8 Å². The Hall–Kier alpha value is -0.900. The van der Waals surface area contributed by atoms with Crippen molar-refractivity contribution in [2.45, 2.75) is 39.2 Å². The fourth-order valence-corrected chi connectivity index (χ4v) is 0.864. The number of methoxy groups -OCH3 is 1. The molecule has 0 saturated carbocycles. The molecule has 0 N–H and O–H groups in total. The second kappa shape index (κ2) is 5.75. The molecule has 0 aliphatic carbocycles.